The number of amides is 1. The van der Waals surface area contributed by atoms with Crippen molar-refractivity contribution in [3.8, 4) is 11.5 Å². The van der Waals surface area contributed by atoms with Crippen molar-refractivity contribution in [3.63, 3.8) is 0 Å². The first-order valence-electron chi connectivity index (χ1n) is 7.78. The average molecular weight is 373 g/mol. The lowest BCUT2D eigenvalue weighted by Gasteiger charge is -2.06. The SMILES string of the molecule is Cc1cccc(OCC(=O)Nc2nnc(COc3ccc(F)cc3)s2)c1. The van der Waals surface area contributed by atoms with Crippen LogP contribution in [0.5, 0.6) is 11.5 Å². The third-order valence-corrected chi connectivity index (χ3v) is 4.06. The summed E-state index contributed by atoms with van der Waals surface area (Å²) in [7, 11) is 0. The van der Waals surface area contributed by atoms with E-state index < -0.39 is 0 Å². The first kappa shape index (κ1) is 17.8. The summed E-state index contributed by atoms with van der Waals surface area (Å²) in [5.41, 5.74) is 1.05. The van der Waals surface area contributed by atoms with E-state index in [1.165, 1.54) is 35.6 Å². The Hall–Kier alpha value is -3.00. The van der Waals surface area contributed by atoms with Crippen molar-refractivity contribution in [2.24, 2.45) is 0 Å². The summed E-state index contributed by atoms with van der Waals surface area (Å²) >= 11 is 1.20. The number of aryl methyl sites for hydroxylation is 1. The molecule has 2 aromatic carbocycles. The highest BCUT2D eigenvalue weighted by Gasteiger charge is 2.10. The third-order valence-electron chi connectivity index (χ3n) is 3.25. The fourth-order valence-electron chi connectivity index (χ4n) is 2.05. The van der Waals surface area contributed by atoms with E-state index in [0.717, 1.165) is 5.56 Å². The number of nitrogens with zero attached hydrogens (tertiary/aromatic N) is 2. The molecular weight excluding hydrogens is 357 g/mol. The Labute approximate surface area is 153 Å². The summed E-state index contributed by atoms with van der Waals surface area (Å²) in [4.78, 5) is 11.9. The molecule has 0 aliphatic carbocycles. The van der Waals surface area contributed by atoms with Crippen molar-refractivity contribution >= 4 is 22.4 Å². The summed E-state index contributed by atoms with van der Waals surface area (Å²) in [5, 5.41) is 11.4. The van der Waals surface area contributed by atoms with E-state index in [-0.39, 0.29) is 24.9 Å². The van der Waals surface area contributed by atoms with Gasteiger partial charge >= 0.3 is 0 Å². The number of ether oxygens (including phenoxy) is 2. The van der Waals surface area contributed by atoms with Crippen molar-refractivity contribution in [1.29, 1.82) is 0 Å². The monoisotopic (exact) mass is 373 g/mol. The molecular formula is C18H16FN3O3S. The standard InChI is InChI=1S/C18H16FN3O3S/c1-12-3-2-4-15(9-12)24-10-16(23)20-18-22-21-17(26-18)11-25-14-7-5-13(19)6-8-14/h2-9H,10-11H2,1H3,(H,20,22,23). The van der Waals surface area contributed by atoms with Gasteiger partial charge in [0.2, 0.25) is 5.13 Å². The molecule has 0 aliphatic heterocycles. The number of carbonyl (C=O) groups excluding carboxylic acids is 1. The highest BCUT2D eigenvalue weighted by atomic mass is 32.1. The fourth-order valence-corrected chi connectivity index (χ4v) is 2.72. The van der Waals surface area contributed by atoms with Gasteiger partial charge < -0.3 is 9.47 Å². The average Bonchev–Trinajstić information content (AvgIpc) is 3.07. The molecule has 1 heterocycles. The number of hydrogen-bond donors (Lipinski definition) is 1. The van der Waals surface area contributed by atoms with Gasteiger partial charge in [0.05, 0.1) is 0 Å². The zero-order chi connectivity index (χ0) is 18.4. The molecule has 0 spiro atoms. The van der Waals surface area contributed by atoms with Crippen molar-refractivity contribution in [1.82, 2.24) is 10.2 Å². The van der Waals surface area contributed by atoms with Gasteiger partial charge in [0.15, 0.2) is 11.6 Å². The molecule has 134 valence electrons. The number of nitrogens with one attached hydrogen (secondary N) is 1. The Bertz CT molecular complexity index is 883. The van der Waals surface area contributed by atoms with Crippen molar-refractivity contribution in [2.45, 2.75) is 13.5 Å². The molecule has 8 heteroatoms. The first-order chi connectivity index (χ1) is 12.6. The van der Waals surface area contributed by atoms with Crippen LogP contribution in [0.2, 0.25) is 0 Å². The van der Waals surface area contributed by atoms with Gasteiger partial charge in [-0.3, -0.25) is 10.1 Å². The number of rotatable bonds is 7. The molecule has 1 aromatic heterocycles. The number of aromatic nitrogens is 2. The van der Waals surface area contributed by atoms with E-state index >= 15 is 0 Å². The summed E-state index contributed by atoms with van der Waals surface area (Å²) in [5.74, 6) is 0.504. The van der Waals surface area contributed by atoms with Crippen LogP contribution in [0.15, 0.2) is 48.5 Å². The number of halogens is 1. The van der Waals surface area contributed by atoms with Crippen LogP contribution in [-0.4, -0.2) is 22.7 Å². The van der Waals surface area contributed by atoms with Gasteiger partial charge in [-0.05, 0) is 48.9 Å². The van der Waals surface area contributed by atoms with Crippen LogP contribution in [0.3, 0.4) is 0 Å². The normalized spacial score (nSPS) is 10.4. The lowest BCUT2D eigenvalue weighted by atomic mass is 10.2. The third kappa shape index (κ3) is 5.25. The molecule has 0 saturated carbocycles. The van der Waals surface area contributed by atoms with Crippen LogP contribution in [0.1, 0.15) is 10.6 Å². The second kappa shape index (κ2) is 8.39. The zero-order valence-electron chi connectivity index (χ0n) is 13.9. The fraction of sp³-hybridized carbons (Fsp3) is 0.167. The molecule has 1 N–H and O–H groups in total. The number of hydrogen-bond acceptors (Lipinski definition) is 6. The summed E-state index contributed by atoms with van der Waals surface area (Å²) in [6.45, 7) is 2.01. The van der Waals surface area contributed by atoms with Gasteiger partial charge in [0.25, 0.3) is 5.91 Å². The molecule has 26 heavy (non-hydrogen) atoms. The molecule has 3 aromatic rings. The van der Waals surface area contributed by atoms with E-state index in [4.69, 9.17) is 9.47 Å². The summed E-state index contributed by atoms with van der Waals surface area (Å²) in [6, 6.07) is 13.1. The Morgan fingerprint density at radius 1 is 1.12 bits per heavy atom. The molecule has 3 rings (SSSR count). The van der Waals surface area contributed by atoms with Crippen molar-refractivity contribution in [3.05, 3.63) is 64.9 Å². The van der Waals surface area contributed by atoms with Crippen LogP contribution in [0.4, 0.5) is 9.52 Å². The van der Waals surface area contributed by atoms with Crippen LogP contribution in [-0.2, 0) is 11.4 Å². The summed E-state index contributed by atoms with van der Waals surface area (Å²) in [6.07, 6.45) is 0. The number of carbonyl (C=O) groups is 1. The Morgan fingerprint density at radius 3 is 2.69 bits per heavy atom. The minimum absolute atomic E-state index is 0.121. The Morgan fingerprint density at radius 2 is 1.92 bits per heavy atom. The molecule has 6 nitrogen and oxygen atoms in total. The first-order valence-corrected chi connectivity index (χ1v) is 8.60. The molecule has 0 radical (unpaired) electrons. The van der Waals surface area contributed by atoms with E-state index in [2.05, 4.69) is 15.5 Å². The molecule has 0 unspecified atom stereocenters. The second-order valence-corrected chi connectivity index (χ2v) is 6.46. The van der Waals surface area contributed by atoms with E-state index in [1.807, 2.05) is 25.1 Å². The van der Waals surface area contributed by atoms with Crippen LogP contribution < -0.4 is 14.8 Å². The van der Waals surface area contributed by atoms with E-state index in [0.29, 0.717) is 21.6 Å². The highest BCUT2D eigenvalue weighted by Crippen LogP contribution is 2.19. The minimum Gasteiger partial charge on any atom is -0.486 e. The number of benzene rings is 2. The van der Waals surface area contributed by atoms with Gasteiger partial charge in [0.1, 0.15) is 23.9 Å². The van der Waals surface area contributed by atoms with Crippen LogP contribution >= 0.6 is 11.3 Å². The molecule has 0 saturated heterocycles. The maximum absolute atomic E-state index is 12.8. The largest absolute Gasteiger partial charge is 0.486 e. The van der Waals surface area contributed by atoms with Crippen molar-refractivity contribution < 1.29 is 18.7 Å². The molecule has 0 fully saturated rings. The minimum atomic E-state index is -0.328. The molecule has 0 bridgehead atoms. The van der Waals surface area contributed by atoms with Crippen LogP contribution in [0, 0.1) is 12.7 Å². The maximum atomic E-state index is 12.8. The predicted molar refractivity (Wildman–Crippen MR) is 95.9 cm³/mol. The topological polar surface area (TPSA) is 73.3 Å². The van der Waals surface area contributed by atoms with Gasteiger partial charge in [-0.25, -0.2) is 4.39 Å². The Balaban J connectivity index is 1.46. The van der Waals surface area contributed by atoms with E-state index in [9.17, 15) is 9.18 Å². The predicted octanol–water partition coefficient (Wildman–Crippen LogP) is 3.58. The van der Waals surface area contributed by atoms with Gasteiger partial charge in [-0.1, -0.05) is 23.5 Å². The smallest absolute Gasteiger partial charge is 0.264 e. The molecule has 0 aliphatic rings. The van der Waals surface area contributed by atoms with Gasteiger partial charge in [-0.2, -0.15) is 0 Å². The molecule has 1 amide bonds. The second-order valence-electron chi connectivity index (χ2n) is 5.40. The maximum Gasteiger partial charge on any atom is 0.264 e. The quantitative estimate of drug-likeness (QED) is 0.685. The lowest BCUT2D eigenvalue weighted by molar-refractivity contribution is -0.118. The van der Waals surface area contributed by atoms with Crippen molar-refractivity contribution in [2.75, 3.05) is 11.9 Å². The van der Waals surface area contributed by atoms with Gasteiger partial charge in [0, 0.05) is 0 Å². The van der Waals surface area contributed by atoms with E-state index in [1.54, 1.807) is 6.07 Å². The number of anilines is 1. The summed E-state index contributed by atoms with van der Waals surface area (Å²) < 4.78 is 23.8. The zero-order valence-corrected chi connectivity index (χ0v) is 14.8. The Kier molecular flexibility index (Phi) is 5.75. The van der Waals surface area contributed by atoms with Crippen LogP contribution in [0.25, 0.3) is 0 Å². The van der Waals surface area contributed by atoms with Gasteiger partial charge in [-0.15, -0.1) is 10.2 Å². The molecule has 0 atom stereocenters. The highest BCUT2D eigenvalue weighted by molar-refractivity contribution is 7.15. The lowest BCUT2D eigenvalue weighted by Crippen LogP contribution is -2.20.